The van der Waals surface area contributed by atoms with Crippen LogP contribution in [0.2, 0.25) is 5.02 Å². The van der Waals surface area contributed by atoms with Gasteiger partial charge in [-0.1, -0.05) is 24.6 Å². The van der Waals surface area contributed by atoms with Crippen LogP contribution in [0.1, 0.15) is 32.6 Å². The van der Waals surface area contributed by atoms with Gasteiger partial charge in [-0.05, 0) is 49.8 Å². The average molecular weight is 224 g/mol. The lowest BCUT2D eigenvalue weighted by Gasteiger charge is -2.27. The molecule has 1 aromatic rings. The van der Waals surface area contributed by atoms with E-state index in [9.17, 15) is 0 Å². The second-order valence-corrected chi connectivity index (χ2v) is 5.05. The zero-order chi connectivity index (χ0) is 10.7. The summed E-state index contributed by atoms with van der Waals surface area (Å²) in [4.78, 5) is 0. The predicted octanol–water partition coefficient (Wildman–Crippen LogP) is 4.33. The van der Waals surface area contributed by atoms with E-state index in [2.05, 4.69) is 18.3 Å². The third kappa shape index (κ3) is 3.13. The zero-order valence-corrected chi connectivity index (χ0v) is 9.93. The number of benzene rings is 1. The smallest absolute Gasteiger partial charge is 0.0426 e. The van der Waals surface area contributed by atoms with E-state index in [0.717, 1.165) is 16.6 Å². The molecule has 1 N–H and O–H groups in total. The SMILES string of the molecule is CC1CCC(Nc2cccc(Cl)c2)CC1. The molecule has 15 heavy (non-hydrogen) atoms. The topological polar surface area (TPSA) is 12.0 Å². The van der Waals surface area contributed by atoms with Gasteiger partial charge in [0.15, 0.2) is 0 Å². The van der Waals surface area contributed by atoms with Gasteiger partial charge in [-0.2, -0.15) is 0 Å². The molecule has 0 spiro atoms. The van der Waals surface area contributed by atoms with Crippen LogP contribution in [0.4, 0.5) is 5.69 Å². The number of rotatable bonds is 2. The van der Waals surface area contributed by atoms with Gasteiger partial charge in [0.2, 0.25) is 0 Å². The van der Waals surface area contributed by atoms with Crippen LogP contribution in [-0.2, 0) is 0 Å². The highest BCUT2D eigenvalue weighted by atomic mass is 35.5. The third-order valence-electron chi connectivity index (χ3n) is 3.21. The molecule has 0 bridgehead atoms. The lowest BCUT2D eigenvalue weighted by Crippen LogP contribution is -2.25. The maximum absolute atomic E-state index is 5.95. The van der Waals surface area contributed by atoms with Gasteiger partial charge < -0.3 is 5.32 Å². The summed E-state index contributed by atoms with van der Waals surface area (Å²) in [5, 5.41) is 4.37. The van der Waals surface area contributed by atoms with Gasteiger partial charge in [0, 0.05) is 16.8 Å². The van der Waals surface area contributed by atoms with E-state index in [1.165, 1.54) is 25.7 Å². The fourth-order valence-electron chi connectivity index (χ4n) is 2.22. The summed E-state index contributed by atoms with van der Waals surface area (Å²) in [6, 6.07) is 8.63. The molecule has 0 unspecified atom stereocenters. The first-order valence-electron chi connectivity index (χ1n) is 5.76. The van der Waals surface area contributed by atoms with E-state index in [1.807, 2.05) is 18.2 Å². The molecule has 1 aromatic carbocycles. The Morgan fingerprint density at radius 2 is 1.93 bits per heavy atom. The first kappa shape index (κ1) is 10.8. The van der Waals surface area contributed by atoms with Crippen LogP contribution < -0.4 is 5.32 Å². The molecule has 1 fully saturated rings. The fraction of sp³-hybridized carbons (Fsp3) is 0.538. The molecule has 1 saturated carbocycles. The number of hydrogen-bond acceptors (Lipinski definition) is 1. The van der Waals surface area contributed by atoms with Crippen molar-refractivity contribution in [2.24, 2.45) is 5.92 Å². The summed E-state index contributed by atoms with van der Waals surface area (Å²) in [5.41, 5.74) is 1.15. The Balaban J connectivity index is 1.92. The molecule has 0 radical (unpaired) electrons. The minimum atomic E-state index is 0.639. The van der Waals surface area contributed by atoms with Gasteiger partial charge in [0.25, 0.3) is 0 Å². The third-order valence-corrected chi connectivity index (χ3v) is 3.45. The van der Waals surface area contributed by atoms with Crippen molar-refractivity contribution >= 4 is 17.3 Å². The van der Waals surface area contributed by atoms with Crippen molar-refractivity contribution in [3.05, 3.63) is 29.3 Å². The second-order valence-electron chi connectivity index (χ2n) is 4.61. The van der Waals surface area contributed by atoms with Crippen LogP contribution in [0.5, 0.6) is 0 Å². The van der Waals surface area contributed by atoms with Gasteiger partial charge in [-0.25, -0.2) is 0 Å². The quantitative estimate of drug-likeness (QED) is 0.787. The van der Waals surface area contributed by atoms with E-state index in [-0.39, 0.29) is 0 Å². The van der Waals surface area contributed by atoms with Crippen LogP contribution in [0, 0.1) is 5.92 Å². The summed E-state index contributed by atoms with van der Waals surface area (Å²) in [6.45, 7) is 2.34. The van der Waals surface area contributed by atoms with Crippen molar-refractivity contribution in [2.75, 3.05) is 5.32 Å². The van der Waals surface area contributed by atoms with Gasteiger partial charge in [-0.3, -0.25) is 0 Å². The van der Waals surface area contributed by atoms with Crippen LogP contribution in [0.15, 0.2) is 24.3 Å². The Kier molecular flexibility index (Phi) is 3.53. The normalized spacial score (nSPS) is 26.3. The molecular weight excluding hydrogens is 206 g/mol. The maximum atomic E-state index is 5.95. The molecule has 0 aliphatic heterocycles. The standard InChI is InChI=1S/C13H18ClN/c1-10-5-7-12(8-6-10)15-13-4-2-3-11(14)9-13/h2-4,9-10,12,15H,5-8H2,1H3. The number of anilines is 1. The molecule has 82 valence electrons. The minimum absolute atomic E-state index is 0.639. The van der Waals surface area contributed by atoms with Gasteiger partial charge in [0.1, 0.15) is 0 Å². The number of nitrogens with one attached hydrogen (secondary N) is 1. The fourth-order valence-corrected chi connectivity index (χ4v) is 2.41. The van der Waals surface area contributed by atoms with Crippen LogP contribution in [0.25, 0.3) is 0 Å². The average Bonchev–Trinajstić information content (AvgIpc) is 2.22. The molecule has 0 amide bonds. The van der Waals surface area contributed by atoms with Gasteiger partial charge in [0.05, 0.1) is 0 Å². The first-order chi connectivity index (χ1) is 7.24. The zero-order valence-electron chi connectivity index (χ0n) is 9.17. The van der Waals surface area contributed by atoms with Crippen molar-refractivity contribution in [3.63, 3.8) is 0 Å². The molecule has 0 atom stereocenters. The van der Waals surface area contributed by atoms with E-state index >= 15 is 0 Å². The lowest BCUT2D eigenvalue weighted by molar-refractivity contribution is 0.361. The molecule has 2 rings (SSSR count). The van der Waals surface area contributed by atoms with Crippen LogP contribution >= 0.6 is 11.6 Å². The van der Waals surface area contributed by atoms with Crippen LogP contribution in [-0.4, -0.2) is 6.04 Å². The van der Waals surface area contributed by atoms with Crippen molar-refractivity contribution < 1.29 is 0 Å². The predicted molar refractivity (Wildman–Crippen MR) is 66.5 cm³/mol. The highest BCUT2D eigenvalue weighted by Crippen LogP contribution is 2.26. The molecule has 1 aliphatic carbocycles. The molecule has 0 heterocycles. The first-order valence-corrected chi connectivity index (χ1v) is 6.14. The molecule has 1 nitrogen and oxygen atoms in total. The summed E-state index contributed by atoms with van der Waals surface area (Å²) in [7, 11) is 0. The highest BCUT2D eigenvalue weighted by molar-refractivity contribution is 6.30. The molecular formula is C13H18ClN. The van der Waals surface area contributed by atoms with Crippen molar-refractivity contribution in [1.29, 1.82) is 0 Å². The molecule has 0 saturated heterocycles. The second kappa shape index (κ2) is 4.89. The van der Waals surface area contributed by atoms with E-state index in [1.54, 1.807) is 0 Å². The van der Waals surface area contributed by atoms with Crippen molar-refractivity contribution in [1.82, 2.24) is 0 Å². The Labute approximate surface area is 96.8 Å². The number of hydrogen-bond donors (Lipinski definition) is 1. The lowest BCUT2D eigenvalue weighted by atomic mass is 9.87. The highest BCUT2D eigenvalue weighted by Gasteiger charge is 2.17. The van der Waals surface area contributed by atoms with E-state index in [0.29, 0.717) is 6.04 Å². The van der Waals surface area contributed by atoms with Crippen LogP contribution in [0.3, 0.4) is 0 Å². The van der Waals surface area contributed by atoms with Gasteiger partial charge in [-0.15, -0.1) is 0 Å². The minimum Gasteiger partial charge on any atom is -0.382 e. The summed E-state index contributed by atoms with van der Waals surface area (Å²) in [5.74, 6) is 0.905. The molecule has 1 aliphatic rings. The van der Waals surface area contributed by atoms with Crippen molar-refractivity contribution in [2.45, 2.75) is 38.6 Å². The Morgan fingerprint density at radius 3 is 2.60 bits per heavy atom. The monoisotopic (exact) mass is 223 g/mol. The van der Waals surface area contributed by atoms with Crippen molar-refractivity contribution in [3.8, 4) is 0 Å². The van der Waals surface area contributed by atoms with Gasteiger partial charge >= 0.3 is 0 Å². The Hall–Kier alpha value is -0.690. The van der Waals surface area contributed by atoms with E-state index < -0.39 is 0 Å². The maximum Gasteiger partial charge on any atom is 0.0426 e. The summed E-state index contributed by atoms with van der Waals surface area (Å²) < 4.78 is 0. The summed E-state index contributed by atoms with van der Waals surface area (Å²) in [6.07, 6.45) is 5.26. The summed E-state index contributed by atoms with van der Waals surface area (Å²) >= 11 is 5.95. The Bertz CT molecular complexity index is 316. The van der Waals surface area contributed by atoms with E-state index in [4.69, 9.17) is 11.6 Å². The molecule has 2 heteroatoms. The Morgan fingerprint density at radius 1 is 1.20 bits per heavy atom. The largest absolute Gasteiger partial charge is 0.382 e. The number of halogens is 1. The molecule has 0 aromatic heterocycles.